The molecule has 0 heterocycles. The third-order valence-corrected chi connectivity index (χ3v) is 1.56. The summed E-state index contributed by atoms with van der Waals surface area (Å²) in [6, 6.07) is 0. The summed E-state index contributed by atoms with van der Waals surface area (Å²) in [5.41, 5.74) is 2.14. The van der Waals surface area contributed by atoms with Gasteiger partial charge in [0.25, 0.3) is 0 Å². The van der Waals surface area contributed by atoms with Gasteiger partial charge in [0.2, 0.25) is 0 Å². The summed E-state index contributed by atoms with van der Waals surface area (Å²) in [7, 11) is 0. The van der Waals surface area contributed by atoms with Crippen LogP contribution in [0.1, 0.15) is 34.1 Å². The number of esters is 1. The molecular formula is C12H18O3. The van der Waals surface area contributed by atoms with Crippen LogP contribution in [0.3, 0.4) is 0 Å². The van der Waals surface area contributed by atoms with Crippen LogP contribution in [0, 0.1) is 0 Å². The Morgan fingerprint density at radius 1 is 1.07 bits per heavy atom. The molecule has 0 aromatic heterocycles. The Morgan fingerprint density at radius 3 is 2.13 bits per heavy atom. The first-order valence-corrected chi connectivity index (χ1v) is 4.87. The smallest absolute Gasteiger partial charge is 0.313 e. The zero-order valence-corrected chi connectivity index (χ0v) is 9.79. The molecule has 0 saturated carbocycles. The first kappa shape index (κ1) is 13.6. The van der Waals surface area contributed by atoms with Crippen LogP contribution in [0.25, 0.3) is 0 Å². The maximum absolute atomic E-state index is 11.0. The van der Waals surface area contributed by atoms with Crippen LogP contribution in [0.15, 0.2) is 23.3 Å². The SMILES string of the molecule is CC(=O)CC(=O)OCC(C)=CC=C(C)C. The van der Waals surface area contributed by atoms with E-state index in [0.717, 1.165) is 5.57 Å². The molecule has 0 unspecified atom stereocenters. The largest absolute Gasteiger partial charge is 0.461 e. The highest BCUT2D eigenvalue weighted by Crippen LogP contribution is 1.99. The first-order valence-electron chi connectivity index (χ1n) is 4.87. The molecule has 3 nitrogen and oxygen atoms in total. The normalized spacial score (nSPS) is 10.8. The van der Waals surface area contributed by atoms with Crippen molar-refractivity contribution in [3.05, 3.63) is 23.3 Å². The van der Waals surface area contributed by atoms with Gasteiger partial charge in [-0.3, -0.25) is 9.59 Å². The van der Waals surface area contributed by atoms with E-state index >= 15 is 0 Å². The number of hydrogen-bond acceptors (Lipinski definition) is 3. The molecule has 0 aliphatic heterocycles. The predicted molar refractivity (Wildman–Crippen MR) is 59.4 cm³/mol. The highest BCUT2D eigenvalue weighted by Gasteiger charge is 2.05. The van der Waals surface area contributed by atoms with Gasteiger partial charge in [-0.25, -0.2) is 0 Å². The third kappa shape index (κ3) is 8.94. The van der Waals surface area contributed by atoms with E-state index in [-0.39, 0.29) is 18.8 Å². The second-order valence-corrected chi connectivity index (χ2v) is 3.80. The Kier molecular flexibility index (Phi) is 6.34. The molecule has 0 amide bonds. The van der Waals surface area contributed by atoms with Crippen LogP contribution in [-0.2, 0) is 14.3 Å². The quantitative estimate of drug-likeness (QED) is 0.397. The number of ether oxygens (including phenoxy) is 1. The van der Waals surface area contributed by atoms with Crippen LogP contribution < -0.4 is 0 Å². The maximum Gasteiger partial charge on any atom is 0.313 e. The van der Waals surface area contributed by atoms with Crippen molar-refractivity contribution in [3.8, 4) is 0 Å². The van der Waals surface area contributed by atoms with Crippen molar-refractivity contribution in [3.63, 3.8) is 0 Å². The first-order chi connectivity index (χ1) is 6.91. The van der Waals surface area contributed by atoms with Crippen molar-refractivity contribution < 1.29 is 14.3 Å². The predicted octanol–water partition coefficient (Wildman–Crippen LogP) is 2.42. The third-order valence-electron chi connectivity index (χ3n) is 1.56. The minimum absolute atomic E-state index is 0.143. The monoisotopic (exact) mass is 210 g/mol. The van der Waals surface area contributed by atoms with E-state index in [0.29, 0.717) is 0 Å². The van der Waals surface area contributed by atoms with Gasteiger partial charge in [-0.15, -0.1) is 0 Å². The van der Waals surface area contributed by atoms with E-state index < -0.39 is 5.97 Å². The standard InChI is InChI=1S/C12H18O3/c1-9(2)5-6-10(3)8-15-12(14)7-11(4)13/h5-6H,7-8H2,1-4H3. The lowest BCUT2D eigenvalue weighted by Gasteiger charge is -2.02. The summed E-state index contributed by atoms with van der Waals surface area (Å²) >= 11 is 0. The van der Waals surface area contributed by atoms with Crippen LogP contribution >= 0.6 is 0 Å². The summed E-state index contributed by atoms with van der Waals surface area (Å²) in [4.78, 5) is 21.6. The molecule has 0 radical (unpaired) electrons. The van der Waals surface area contributed by atoms with Gasteiger partial charge in [0.05, 0.1) is 0 Å². The van der Waals surface area contributed by atoms with E-state index in [1.54, 1.807) is 0 Å². The second kappa shape index (κ2) is 6.98. The lowest BCUT2D eigenvalue weighted by atomic mass is 10.2. The molecule has 0 bridgehead atoms. The van der Waals surface area contributed by atoms with Crippen molar-refractivity contribution in [2.45, 2.75) is 34.1 Å². The highest BCUT2D eigenvalue weighted by molar-refractivity contribution is 5.94. The number of ketones is 1. The molecular weight excluding hydrogens is 192 g/mol. The minimum atomic E-state index is -0.465. The fourth-order valence-corrected chi connectivity index (χ4v) is 0.806. The molecule has 0 fully saturated rings. The molecule has 0 aromatic rings. The molecule has 15 heavy (non-hydrogen) atoms. The Hall–Kier alpha value is -1.38. The van der Waals surface area contributed by atoms with Gasteiger partial charge in [0, 0.05) is 0 Å². The van der Waals surface area contributed by atoms with Crippen molar-refractivity contribution in [2.24, 2.45) is 0 Å². The molecule has 0 aromatic carbocycles. The Morgan fingerprint density at radius 2 is 1.67 bits per heavy atom. The van der Waals surface area contributed by atoms with Crippen molar-refractivity contribution >= 4 is 11.8 Å². The Labute approximate surface area is 90.8 Å². The minimum Gasteiger partial charge on any atom is -0.461 e. The fourth-order valence-electron chi connectivity index (χ4n) is 0.806. The zero-order chi connectivity index (χ0) is 11.8. The van der Waals surface area contributed by atoms with Gasteiger partial charge in [0.1, 0.15) is 18.8 Å². The van der Waals surface area contributed by atoms with Crippen LogP contribution in [0.2, 0.25) is 0 Å². The van der Waals surface area contributed by atoms with E-state index in [1.807, 2.05) is 32.9 Å². The van der Waals surface area contributed by atoms with E-state index in [2.05, 4.69) is 0 Å². The molecule has 84 valence electrons. The molecule has 0 spiro atoms. The van der Waals surface area contributed by atoms with Crippen molar-refractivity contribution in [1.29, 1.82) is 0 Å². The number of carbonyl (C=O) groups is 2. The average molecular weight is 210 g/mol. The molecule has 0 atom stereocenters. The summed E-state index contributed by atoms with van der Waals surface area (Å²) < 4.78 is 4.89. The number of hydrogen-bond donors (Lipinski definition) is 0. The van der Waals surface area contributed by atoms with Crippen LogP contribution in [-0.4, -0.2) is 18.4 Å². The summed E-state index contributed by atoms with van der Waals surface area (Å²) in [6.45, 7) is 7.47. The van der Waals surface area contributed by atoms with E-state index in [9.17, 15) is 9.59 Å². The van der Waals surface area contributed by atoms with Gasteiger partial charge in [0.15, 0.2) is 0 Å². The molecule has 0 aliphatic rings. The van der Waals surface area contributed by atoms with Crippen molar-refractivity contribution in [1.82, 2.24) is 0 Å². The molecule has 0 saturated heterocycles. The van der Waals surface area contributed by atoms with Gasteiger partial charge < -0.3 is 4.74 Å². The van der Waals surface area contributed by atoms with Gasteiger partial charge in [-0.05, 0) is 33.3 Å². The van der Waals surface area contributed by atoms with Crippen LogP contribution in [0.4, 0.5) is 0 Å². The maximum atomic E-state index is 11.0. The molecule has 0 aliphatic carbocycles. The van der Waals surface area contributed by atoms with E-state index in [4.69, 9.17) is 4.74 Å². The fraction of sp³-hybridized carbons (Fsp3) is 0.500. The number of Topliss-reactive ketones (excluding diaryl/α,β-unsaturated/α-hetero) is 1. The number of allylic oxidation sites excluding steroid dienone is 3. The Bertz CT molecular complexity index is 294. The number of rotatable bonds is 5. The summed E-state index contributed by atoms with van der Waals surface area (Å²) in [5.74, 6) is -0.640. The van der Waals surface area contributed by atoms with Gasteiger partial charge >= 0.3 is 5.97 Å². The van der Waals surface area contributed by atoms with Gasteiger partial charge in [-0.2, -0.15) is 0 Å². The van der Waals surface area contributed by atoms with E-state index in [1.165, 1.54) is 12.5 Å². The molecule has 0 N–H and O–H groups in total. The topological polar surface area (TPSA) is 43.4 Å². The lowest BCUT2D eigenvalue weighted by Crippen LogP contribution is -2.10. The lowest BCUT2D eigenvalue weighted by molar-refractivity contribution is -0.144. The summed E-state index contributed by atoms with van der Waals surface area (Å²) in [6.07, 6.45) is 3.71. The average Bonchev–Trinajstić information content (AvgIpc) is 2.10. The second-order valence-electron chi connectivity index (χ2n) is 3.80. The zero-order valence-electron chi connectivity index (χ0n) is 9.79. The number of carbonyl (C=O) groups excluding carboxylic acids is 2. The molecule has 3 heteroatoms. The van der Waals surface area contributed by atoms with Crippen molar-refractivity contribution in [2.75, 3.05) is 6.61 Å². The highest BCUT2D eigenvalue weighted by atomic mass is 16.5. The van der Waals surface area contributed by atoms with Gasteiger partial charge in [-0.1, -0.05) is 17.7 Å². The molecule has 0 rings (SSSR count). The Balaban J connectivity index is 3.95. The van der Waals surface area contributed by atoms with Crippen LogP contribution in [0.5, 0.6) is 0 Å². The summed E-state index contributed by atoms with van der Waals surface area (Å²) in [5, 5.41) is 0.